The van der Waals surface area contributed by atoms with Crippen molar-refractivity contribution in [1.82, 2.24) is 20.7 Å². The van der Waals surface area contributed by atoms with Crippen LogP contribution < -0.4 is 11.1 Å². The van der Waals surface area contributed by atoms with E-state index in [4.69, 9.17) is 5.73 Å². The lowest BCUT2D eigenvalue weighted by atomic mass is 9.98. The number of amides is 1. The Morgan fingerprint density at radius 1 is 1.62 bits per heavy atom. The summed E-state index contributed by atoms with van der Waals surface area (Å²) in [5.74, 6) is 0.317. The minimum atomic E-state index is -0.198. The molecule has 0 radical (unpaired) electrons. The molecule has 2 rings (SSSR count). The topological polar surface area (TPSA) is 96.7 Å². The van der Waals surface area contributed by atoms with Gasteiger partial charge in [0.15, 0.2) is 5.69 Å². The highest BCUT2D eigenvalue weighted by molar-refractivity contribution is 5.92. The van der Waals surface area contributed by atoms with Gasteiger partial charge in [-0.25, -0.2) is 0 Å². The van der Waals surface area contributed by atoms with Crippen LogP contribution in [0.2, 0.25) is 0 Å². The molecule has 4 N–H and O–H groups in total. The number of hydrogen-bond acceptors (Lipinski definition) is 4. The molecular formula is C10H17N5O. The van der Waals surface area contributed by atoms with E-state index in [1.165, 1.54) is 19.0 Å². The predicted octanol–water partition coefficient (Wildman–Crippen LogP) is 0.0520. The van der Waals surface area contributed by atoms with Gasteiger partial charge < -0.3 is 11.1 Å². The number of H-pyrrole nitrogens is 1. The van der Waals surface area contributed by atoms with E-state index < -0.39 is 0 Å². The van der Waals surface area contributed by atoms with Crippen molar-refractivity contribution in [2.24, 2.45) is 11.7 Å². The minimum Gasteiger partial charge on any atom is -0.346 e. The number of aromatic nitrogens is 3. The summed E-state index contributed by atoms with van der Waals surface area (Å²) in [6.07, 6.45) is 6.20. The summed E-state index contributed by atoms with van der Waals surface area (Å²) in [5, 5.41) is 12.7. The average Bonchev–Trinajstić information content (AvgIpc) is 2.96. The molecule has 1 fully saturated rings. The maximum absolute atomic E-state index is 11.7. The fourth-order valence-electron chi connectivity index (χ4n) is 2.28. The first-order valence-corrected chi connectivity index (χ1v) is 5.68. The largest absolute Gasteiger partial charge is 0.346 e. The standard InChI is InChI=1S/C10H17N5O/c11-5-8(7-3-1-2-4-7)13-10(16)9-6-12-15-14-9/h6-8H,1-5,11H2,(H,13,16)(H,12,14,15). The van der Waals surface area contributed by atoms with Crippen LogP contribution >= 0.6 is 0 Å². The minimum absolute atomic E-state index is 0.0618. The third-order valence-electron chi connectivity index (χ3n) is 3.19. The van der Waals surface area contributed by atoms with Crippen molar-refractivity contribution >= 4 is 5.91 Å². The highest BCUT2D eigenvalue weighted by atomic mass is 16.2. The van der Waals surface area contributed by atoms with E-state index in [2.05, 4.69) is 20.7 Å². The maximum Gasteiger partial charge on any atom is 0.273 e. The van der Waals surface area contributed by atoms with E-state index in [-0.39, 0.29) is 11.9 Å². The molecule has 1 amide bonds. The van der Waals surface area contributed by atoms with Crippen molar-refractivity contribution in [3.8, 4) is 0 Å². The lowest BCUT2D eigenvalue weighted by Gasteiger charge is -2.22. The Morgan fingerprint density at radius 2 is 2.38 bits per heavy atom. The maximum atomic E-state index is 11.7. The highest BCUT2D eigenvalue weighted by Gasteiger charge is 2.25. The molecule has 0 bridgehead atoms. The zero-order chi connectivity index (χ0) is 11.4. The Kier molecular flexibility index (Phi) is 3.51. The van der Waals surface area contributed by atoms with Gasteiger partial charge in [0.1, 0.15) is 0 Å². The van der Waals surface area contributed by atoms with Crippen LogP contribution in [0.1, 0.15) is 36.2 Å². The van der Waals surface area contributed by atoms with Crippen LogP contribution in [0, 0.1) is 5.92 Å². The van der Waals surface area contributed by atoms with Crippen LogP contribution in [0.25, 0.3) is 0 Å². The zero-order valence-corrected chi connectivity index (χ0v) is 9.15. The van der Waals surface area contributed by atoms with Gasteiger partial charge in [-0.15, -0.1) is 0 Å². The number of aromatic amines is 1. The summed E-state index contributed by atoms with van der Waals surface area (Å²) in [7, 11) is 0. The molecule has 0 saturated heterocycles. The van der Waals surface area contributed by atoms with Crippen LogP contribution in [0.15, 0.2) is 6.20 Å². The van der Waals surface area contributed by atoms with E-state index in [1.54, 1.807) is 0 Å². The van der Waals surface area contributed by atoms with Crippen LogP contribution in [-0.2, 0) is 0 Å². The summed E-state index contributed by atoms with van der Waals surface area (Å²) >= 11 is 0. The monoisotopic (exact) mass is 223 g/mol. The first-order valence-electron chi connectivity index (χ1n) is 5.68. The predicted molar refractivity (Wildman–Crippen MR) is 58.6 cm³/mol. The van der Waals surface area contributed by atoms with Crippen molar-refractivity contribution in [3.05, 3.63) is 11.9 Å². The fourth-order valence-corrected chi connectivity index (χ4v) is 2.28. The molecule has 1 aromatic rings. The number of nitrogens with zero attached hydrogens (tertiary/aromatic N) is 2. The second-order valence-electron chi connectivity index (χ2n) is 4.22. The number of hydrogen-bond donors (Lipinski definition) is 3. The second kappa shape index (κ2) is 5.07. The Bertz CT molecular complexity index is 331. The van der Waals surface area contributed by atoms with Crippen LogP contribution in [0.4, 0.5) is 0 Å². The van der Waals surface area contributed by atoms with E-state index in [0.717, 1.165) is 12.8 Å². The molecule has 1 saturated carbocycles. The normalized spacial score (nSPS) is 18.6. The smallest absolute Gasteiger partial charge is 0.273 e. The Labute approximate surface area is 94.0 Å². The summed E-state index contributed by atoms with van der Waals surface area (Å²) in [6, 6.07) is 0.0618. The van der Waals surface area contributed by atoms with Crippen molar-refractivity contribution < 1.29 is 4.79 Å². The molecule has 1 atom stereocenters. The highest BCUT2D eigenvalue weighted by Crippen LogP contribution is 2.27. The second-order valence-corrected chi connectivity index (χ2v) is 4.22. The quantitative estimate of drug-likeness (QED) is 0.672. The molecule has 88 valence electrons. The van der Waals surface area contributed by atoms with E-state index in [1.807, 2.05) is 0 Å². The molecule has 0 aliphatic heterocycles. The van der Waals surface area contributed by atoms with Gasteiger partial charge in [-0.2, -0.15) is 15.4 Å². The third-order valence-corrected chi connectivity index (χ3v) is 3.19. The molecule has 1 heterocycles. The number of carbonyl (C=O) groups excluding carboxylic acids is 1. The summed E-state index contributed by atoms with van der Waals surface area (Å²) in [6.45, 7) is 0.480. The lowest BCUT2D eigenvalue weighted by Crippen LogP contribution is -2.44. The molecule has 0 aromatic carbocycles. The van der Waals surface area contributed by atoms with Gasteiger partial charge in [0, 0.05) is 12.6 Å². The Hall–Kier alpha value is -1.43. The van der Waals surface area contributed by atoms with Crippen LogP contribution in [0.5, 0.6) is 0 Å². The van der Waals surface area contributed by atoms with Crippen LogP contribution in [-0.4, -0.2) is 33.9 Å². The molecule has 1 aromatic heterocycles. The van der Waals surface area contributed by atoms with Gasteiger partial charge in [0.25, 0.3) is 5.91 Å². The Balaban J connectivity index is 1.93. The number of carbonyl (C=O) groups is 1. The van der Waals surface area contributed by atoms with Gasteiger partial charge >= 0.3 is 0 Å². The van der Waals surface area contributed by atoms with Crippen molar-refractivity contribution in [3.63, 3.8) is 0 Å². The zero-order valence-electron chi connectivity index (χ0n) is 9.15. The lowest BCUT2D eigenvalue weighted by molar-refractivity contribution is 0.0919. The molecule has 6 nitrogen and oxygen atoms in total. The first kappa shape index (κ1) is 11.1. The van der Waals surface area contributed by atoms with Gasteiger partial charge in [0.05, 0.1) is 6.20 Å². The summed E-state index contributed by atoms with van der Waals surface area (Å²) < 4.78 is 0. The van der Waals surface area contributed by atoms with E-state index >= 15 is 0 Å². The van der Waals surface area contributed by atoms with E-state index in [0.29, 0.717) is 18.2 Å². The van der Waals surface area contributed by atoms with E-state index in [9.17, 15) is 4.79 Å². The van der Waals surface area contributed by atoms with Crippen molar-refractivity contribution in [2.75, 3.05) is 6.54 Å². The molecule has 1 aliphatic carbocycles. The average molecular weight is 223 g/mol. The van der Waals surface area contributed by atoms with Gasteiger partial charge in [-0.05, 0) is 18.8 Å². The molecule has 1 unspecified atom stereocenters. The molecule has 1 aliphatic rings. The SMILES string of the molecule is NCC(NC(=O)c1cn[nH]n1)C1CCCC1. The van der Waals surface area contributed by atoms with Gasteiger partial charge in [-0.3, -0.25) is 4.79 Å². The molecule has 6 heteroatoms. The summed E-state index contributed by atoms with van der Waals surface area (Å²) in [4.78, 5) is 11.7. The summed E-state index contributed by atoms with van der Waals surface area (Å²) in [5.41, 5.74) is 6.01. The first-order chi connectivity index (χ1) is 7.81. The van der Waals surface area contributed by atoms with Crippen molar-refractivity contribution in [2.45, 2.75) is 31.7 Å². The molecule has 0 spiro atoms. The number of nitrogens with one attached hydrogen (secondary N) is 2. The van der Waals surface area contributed by atoms with Crippen molar-refractivity contribution in [1.29, 1.82) is 0 Å². The Morgan fingerprint density at radius 3 is 2.94 bits per heavy atom. The molecule has 16 heavy (non-hydrogen) atoms. The third kappa shape index (κ3) is 2.38. The van der Waals surface area contributed by atoms with Gasteiger partial charge in [-0.1, -0.05) is 12.8 Å². The number of rotatable bonds is 4. The molecular weight excluding hydrogens is 206 g/mol. The fraction of sp³-hybridized carbons (Fsp3) is 0.700. The number of nitrogens with two attached hydrogens (primary N) is 1. The van der Waals surface area contributed by atoms with Gasteiger partial charge in [0.2, 0.25) is 0 Å². The van der Waals surface area contributed by atoms with Crippen LogP contribution in [0.3, 0.4) is 0 Å².